The summed E-state index contributed by atoms with van der Waals surface area (Å²) in [6, 6.07) is 6.78. The van der Waals surface area contributed by atoms with Crippen molar-refractivity contribution in [1.82, 2.24) is 9.97 Å². The van der Waals surface area contributed by atoms with E-state index in [0.717, 1.165) is 25.1 Å². The second kappa shape index (κ2) is 5.38. The number of nitrogens with one attached hydrogen (secondary N) is 1. The molecule has 1 N–H and O–H groups in total. The van der Waals surface area contributed by atoms with Crippen molar-refractivity contribution in [1.29, 1.82) is 0 Å². The van der Waals surface area contributed by atoms with Gasteiger partial charge in [-0.3, -0.25) is 0 Å². The molecule has 1 aliphatic rings. The highest BCUT2D eigenvalue weighted by atomic mass is 14.9. The first-order valence-corrected chi connectivity index (χ1v) is 6.85. The number of aromatic amines is 1. The van der Waals surface area contributed by atoms with Crippen LogP contribution >= 0.6 is 0 Å². The predicted octanol–water partition coefficient (Wildman–Crippen LogP) is 3.74. The number of aryl methyl sites for hydroxylation is 4. The average Bonchev–Trinajstić information content (AvgIpc) is 2.63. The maximum Gasteiger partial charge on any atom is 0.103 e. The molecule has 0 atom stereocenters. The molecule has 0 saturated carbocycles. The fourth-order valence-corrected chi connectivity index (χ4v) is 2.55. The number of hydrogen-bond donors (Lipinski definition) is 1. The lowest BCUT2D eigenvalue weighted by molar-refractivity contribution is 0.923. The van der Waals surface area contributed by atoms with Gasteiger partial charge in [-0.1, -0.05) is 37.6 Å². The maximum absolute atomic E-state index is 4.56. The van der Waals surface area contributed by atoms with Crippen molar-refractivity contribution < 1.29 is 0 Å². The van der Waals surface area contributed by atoms with Crippen LogP contribution in [-0.2, 0) is 19.3 Å². The molecule has 1 heterocycles. The van der Waals surface area contributed by atoms with Gasteiger partial charge in [0.05, 0.1) is 5.69 Å². The number of fused-ring (bicyclic) bond motifs is 2. The SMILES string of the molecule is CC.Cc1ccc2c(c1)Cc1[nH]c(C)nc1CC2. The van der Waals surface area contributed by atoms with E-state index in [-0.39, 0.29) is 0 Å². The minimum Gasteiger partial charge on any atom is -0.346 e. The van der Waals surface area contributed by atoms with Crippen molar-refractivity contribution in [3.63, 3.8) is 0 Å². The Morgan fingerprint density at radius 2 is 1.83 bits per heavy atom. The van der Waals surface area contributed by atoms with Crippen LogP contribution in [0.25, 0.3) is 0 Å². The molecule has 3 rings (SSSR count). The number of aromatic nitrogens is 2. The number of benzene rings is 1. The fourth-order valence-electron chi connectivity index (χ4n) is 2.55. The standard InChI is InChI=1S/C14H16N2.C2H6/c1-9-3-4-11-5-6-13-14(8-12(11)7-9)16-10(2)15-13;1-2/h3-4,7H,5-6,8H2,1-2H3,(H,15,16);1-2H3. The van der Waals surface area contributed by atoms with Crippen LogP contribution in [0.2, 0.25) is 0 Å². The van der Waals surface area contributed by atoms with Crippen molar-refractivity contribution >= 4 is 0 Å². The highest BCUT2D eigenvalue weighted by molar-refractivity contribution is 5.38. The molecular formula is C16H22N2. The zero-order valence-corrected chi connectivity index (χ0v) is 11.8. The van der Waals surface area contributed by atoms with Crippen molar-refractivity contribution in [3.8, 4) is 0 Å². The van der Waals surface area contributed by atoms with Gasteiger partial charge in [-0.15, -0.1) is 0 Å². The molecule has 2 nitrogen and oxygen atoms in total. The quantitative estimate of drug-likeness (QED) is 0.749. The summed E-state index contributed by atoms with van der Waals surface area (Å²) < 4.78 is 0. The molecule has 18 heavy (non-hydrogen) atoms. The van der Waals surface area contributed by atoms with Crippen molar-refractivity contribution in [2.45, 2.75) is 47.0 Å². The van der Waals surface area contributed by atoms with Crippen LogP contribution in [0.4, 0.5) is 0 Å². The molecule has 1 aromatic heterocycles. The summed E-state index contributed by atoms with van der Waals surface area (Å²) in [6.07, 6.45) is 3.19. The van der Waals surface area contributed by atoms with Gasteiger partial charge in [-0.2, -0.15) is 0 Å². The van der Waals surface area contributed by atoms with Crippen LogP contribution < -0.4 is 0 Å². The van der Waals surface area contributed by atoms with E-state index in [0.29, 0.717) is 0 Å². The first kappa shape index (κ1) is 12.9. The molecule has 2 aromatic rings. The van der Waals surface area contributed by atoms with E-state index < -0.39 is 0 Å². The summed E-state index contributed by atoms with van der Waals surface area (Å²) in [7, 11) is 0. The highest BCUT2D eigenvalue weighted by Crippen LogP contribution is 2.23. The smallest absolute Gasteiger partial charge is 0.103 e. The third-order valence-electron chi connectivity index (χ3n) is 3.34. The van der Waals surface area contributed by atoms with Crippen molar-refractivity contribution in [3.05, 3.63) is 52.1 Å². The number of hydrogen-bond acceptors (Lipinski definition) is 1. The lowest BCUT2D eigenvalue weighted by Gasteiger charge is -2.06. The fraction of sp³-hybridized carbons (Fsp3) is 0.438. The molecular weight excluding hydrogens is 220 g/mol. The Labute approximate surface area is 109 Å². The van der Waals surface area contributed by atoms with Crippen LogP contribution in [0.15, 0.2) is 18.2 Å². The third-order valence-corrected chi connectivity index (χ3v) is 3.34. The van der Waals surface area contributed by atoms with Gasteiger partial charge < -0.3 is 4.98 Å². The van der Waals surface area contributed by atoms with Gasteiger partial charge in [-0.05, 0) is 37.8 Å². The van der Waals surface area contributed by atoms with Crippen LogP contribution in [0.1, 0.15) is 47.8 Å². The van der Waals surface area contributed by atoms with Gasteiger partial charge >= 0.3 is 0 Å². The molecule has 0 saturated heterocycles. The van der Waals surface area contributed by atoms with E-state index in [9.17, 15) is 0 Å². The molecule has 0 radical (unpaired) electrons. The molecule has 0 bridgehead atoms. The summed E-state index contributed by atoms with van der Waals surface area (Å²) in [4.78, 5) is 7.95. The Hall–Kier alpha value is -1.57. The average molecular weight is 242 g/mol. The largest absolute Gasteiger partial charge is 0.346 e. The lowest BCUT2D eigenvalue weighted by atomic mass is 10.0. The van der Waals surface area contributed by atoms with Crippen LogP contribution in [0.5, 0.6) is 0 Å². The summed E-state index contributed by atoms with van der Waals surface area (Å²) in [6.45, 7) is 8.19. The first-order valence-electron chi connectivity index (χ1n) is 6.85. The topological polar surface area (TPSA) is 28.7 Å². The Balaban J connectivity index is 0.000000574. The second-order valence-electron chi connectivity index (χ2n) is 4.70. The summed E-state index contributed by atoms with van der Waals surface area (Å²) in [5.74, 6) is 1.04. The van der Waals surface area contributed by atoms with Crippen LogP contribution in [-0.4, -0.2) is 9.97 Å². The zero-order chi connectivity index (χ0) is 13.1. The summed E-state index contributed by atoms with van der Waals surface area (Å²) in [5, 5.41) is 0. The van der Waals surface area contributed by atoms with Gasteiger partial charge in [0.2, 0.25) is 0 Å². The number of H-pyrrole nitrogens is 1. The van der Waals surface area contributed by atoms with Crippen molar-refractivity contribution in [2.75, 3.05) is 0 Å². The Morgan fingerprint density at radius 1 is 1.06 bits per heavy atom. The van der Waals surface area contributed by atoms with Gasteiger partial charge in [0.25, 0.3) is 0 Å². The van der Waals surface area contributed by atoms with E-state index in [2.05, 4.69) is 35.1 Å². The van der Waals surface area contributed by atoms with Crippen LogP contribution in [0, 0.1) is 13.8 Å². The molecule has 0 aliphatic heterocycles. The van der Waals surface area contributed by atoms with E-state index in [1.807, 2.05) is 20.8 Å². The van der Waals surface area contributed by atoms with E-state index >= 15 is 0 Å². The number of imidazole rings is 1. The Bertz CT molecular complexity index is 538. The number of nitrogens with zero attached hydrogens (tertiary/aromatic N) is 1. The van der Waals surface area contributed by atoms with E-state index in [1.54, 1.807) is 0 Å². The molecule has 1 aromatic carbocycles. The van der Waals surface area contributed by atoms with E-state index in [4.69, 9.17) is 0 Å². The van der Waals surface area contributed by atoms with Crippen molar-refractivity contribution in [2.24, 2.45) is 0 Å². The van der Waals surface area contributed by atoms with Gasteiger partial charge in [0.1, 0.15) is 5.82 Å². The second-order valence-corrected chi connectivity index (χ2v) is 4.70. The Morgan fingerprint density at radius 3 is 2.61 bits per heavy atom. The third kappa shape index (κ3) is 2.47. The monoisotopic (exact) mass is 242 g/mol. The maximum atomic E-state index is 4.56. The first-order chi connectivity index (χ1) is 8.72. The molecule has 2 heteroatoms. The summed E-state index contributed by atoms with van der Waals surface area (Å²) in [5.41, 5.74) is 6.85. The van der Waals surface area contributed by atoms with Gasteiger partial charge in [0.15, 0.2) is 0 Å². The van der Waals surface area contributed by atoms with Gasteiger partial charge in [0, 0.05) is 12.1 Å². The van der Waals surface area contributed by atoms with E-state index in [1.165, 1.54) is 28.1 Å². The molecule has 0 amide bonds. The minimum atomic E-state index is 1.01. The highest BCUT2D eigenvalue weighted by Gasteiger charge is 2.15. The zero-order valence-electron chi connectivity index (χ0n) is 11.8. The van der Waals surface area contributed by atoms with Crippen LogP contribution in [0.3, 0.4) is 0 Å². The summed E-state index contributed by atoms with van der Waals surface area (Å²) >= 11 is 0. The molecule has 0 unspecified atom stereocenters. The molecule has 1 aliphatic carbocycles. The normalized spacial score (nSPS) is 12.9. The Kier molecular flexibility index (Phi) is 3.85. The lowest BCUT2D eigenvalue weighted by Crippen LogP contribution is -1.94. The van der Waals surface area contributed by atoms with Gasteiger partial charge in [-0.25, -0.2) is 4.98 Å². The number of rotatable bonds is 0. The predicted molar refractivity (Wildman–Crippen MR) is 76.1 cm³/mol. The minimum absolute atomic E-state index is 1.01. The molecule has 0 spiro atoms. The molecule has 96 valence electrons. The molecule has 0 fully saturated rings.